The molecule has 1 aromatic heterocycles. The molecule has 0 atom stereocenters. The molecule has 0 saturated heterocycles. The summed E-state index contributed by atoms with van der Waals surface area (Å²) in [7, 11) is 0. The lowest BCUT2D eigenvalue weighted by molar-refractivity contribution is -0.804. The van der Waals surface area contributed by atoms with E-state index in [2.05, 4.69) is 9.79 Å². The third-order valence-corrected chi connectivity index (χ3v) is 1.17. The molecular weight excluding hydrogens is 158 g/mol. The molecule has 1 aromatic rings. The van der Waals surface area contributed by atoms with Gasteiger partial charge in [0.15, 0.2) is 6.07 Å². The maximum atomic E-state index is 10.4. The standard InChI is InChI=1S/C4H2ClN3O2/c5-1-3-4(2-6)8(9)10-7-3/h1H2. The van der Waals surface area contributed by atoms with Crippen molar-refractivity contribution in [1.29, 1.82) is 5.26 Å². The molecule has 0 aliphatic rings. The van der Waals surface area contributed by atoms with Gasteiger partial charge in [-0.1, -0.05) is 0 Å². The summed E-state index contributed by atoms with van der Waals surface area (Å²) in [6.07, 6.45) is 0. The Labute approximate surface area is 61.0 Å². The van der Waals surface area contributed by atoms with E-state index >= 15 is 0 Å². The van der Waals surface area contributed by atoms with Crippen LogP contribution >= 0.6 is 11.6 Å². The van der Waals surface area contributed by atoms with E-state index in [0.717, 1.165) is 0 Å². The average Bonchev–Trinajstić information content (AvgIpc) is 2.30. The van der Waals surface area contributed by atoms with Crippen LogP contribution in [-0.4, -0.2) is 5.16 Å². The van der Waals surface area contributed by atoms with Gasteiger partial charge in [-0.05, 0) is 4.90 Å². The van der Waals surface area contributed by atoms with E-state index in [1.807, 2.05) is 0 Å². The second-order valence-electron chi connectivity index (χ2n) is 1.47. The number of hydrogen-bond donors (Lipinski definition) is 0. The molecule has 5 nitrogen and oxygen atoms in total. The normalized spacial score (nSPS) is 9.20. The maximum absolute atomic E-state index is 10.4. The highest BCUT2D eigenvalue weighted by molar-refractivity contribution is 6.16. The van der Waals surface area contributed by atoms with E-state index in [-0.39, 0.29) is 22.2 Å². The van der Waals surface area contributed by atoms with Gasteiger partial charge >= 0.3 is 0 Å². The first-order valence-electron chi connectivity index (χ1n) is 2.34. The van der Waals surface area contributed by atoms with E-state index in [1.165, 1.54) is 0 Å². The van der Waals surface area contributed by atoms with Crippen molar-refractivity contribution >= 4 is 11.6 Å². The van der Waals surface area contributed by atoms with Crippen molar-refractivity contribution in [2.45, 2.75) is 5.88 Å². The lowest BCUT2D eigenvalue weighted by atomic mass is 10.4. The van der Waals surface area contributed by atoms with Crippen LogP contribution in [0.15, 0.2) is 4.63 Å². The maximum Gasteiger partial charge on any atom is 0.298 e. The molecule has 0 unspecified atom stereocenters. The van der Waals surface area contributed by atoms with E-state index < -0.39 is 0 Å². The van der Waals surface area contributed by atoms with Crippen molar-refractivity contribution in [3.8, 4) is 6.07 Å². The lowest BCUT2D eigenvalue weighted by Crippen LogP contribution is -2.26. The first-order chi connectivity index (χ1) is 4.79. The second-order valence-corrected chi connectivity index (χ2v) is 1.74. The van der Waals surface area contributed by atoms with Crippen molar-refractivity contribution in [2.24, 2.45) is 0 Å². The van der Waals surface area contributed by atoms with Gasteiger partial charge in [0.25, 0.3) is 11.4 Å². The number of nitrogens with zero attached hydrogens (tertiary/aromatic N) is 3. The predicted octanol–water partition coefficient (Wildman–Crippen LogP) is -0.0815. The van der Waals surface area contributed by atoms with Crippen LogP contribution in [0.2, 0.25) is 0 Å². The number of nitriles is 1. The van der Waals surface area contributed by atoms with Crippen LogP contribution in [0.4, 0.5) is 0 Å². The molecule has 0 saturated carbocycles. The number of alkyl halides is 1. The third kappa shape index (κ3) is 0.890. The second kappa shape index (κ2) is 2.54. The van der Waals surface area contributed by atoms with Gasteiger partial charge in [-0.2, -0.15) is 5.26 Å². The molecule has 0 aliphatic heterocycles. The first kappa shape index (κ1) is 6.83. The Kier molecular flexibility index (Phi) is 1.73. The molecule has 1 rings (SSSR count). The highest BCUT2D eigenvalue weighted by Crippen LogP contribution is 2.01. The molecule has 0 aliphatic carbocycles. The van der Waals surface area contributed by atoms with Crippen molar-refractivity contribution in [3.63, 3.8) is 0 Å². The zero-order valence-corrected chi connectivity index (χ0v) is 5.50. The summed E-state index contributed by atoms with van der Waals surface area (Å²) in [5.74, 6) is 0.00162. The van der Waals surface area contributed by atoms with Gasteiger partial charge in [0.05, 0.1) is 5.88 Å². The summed E-state index contributed by atoms with van der Waals surface area (Å²) < 4.78 is 4.08. The zero-order chi connectivity index (χ0) is 7.56. The predicted molar refractivity (Wildman–Crippen MR) is 29.7 cm³/mol. The molecule has 0 fully saturated rings. The Bertz CT molecular complexity index is 277. The van der Waals surface area contributed by atoms with Gasteiger partial charge in [0, 0.05) is 5.16 Å². The fraction of sp³-hybridized carbons (Fsp3) is 0.250. The molecule has 0 aromatic carbocycles. The van der Waals surface area contributed by atoms with E-state index in [1.54, 1.807) is 6.07 Å². The molecule has 0 radical (unpaired) electrons. The summed E-state index contributed by atoms with van der Waals surface area (Å²) in [5, 5.41) is 22.0. The molecule has 6 heteroatoms. The Morgan fingerprint density at radius 1 is 1.90 bits per heavy atom. The third-order valence-electron chi connectivity index (χ3n) is 0.914. The van der Waals surface area contributed by atoms with Crippen molar-refractivity contribution in [2.75, 3.05) is 0 Å². The smallest absolute Gasteiger partial charge is 0.298 e. The monoisotopic (exact) mass is 159 g/mol. The quantitative estimate of drug-likeness (QED) is 0.424. The van der Waals surface area contributed by atoms with Gasteiger partial charge < -0.3 is 5.21 Å². The Morgan fingerprint density at radius 2 is 2.60 bits per heavy atom. The van der Waals surface area contributed by atoms with Crippen LogP contribution in [0.3, 0.4) is 0 Å². The largest absolute Gasteiger partial charge is 0.358 e. The van der Waals surface area contributed by atoms with Crippen LogP contribution in [0, 0.1) is 16.5 Å². The SMILES string of the molecule is N#Cc1c(CCl)no[n+]1[O-]. The number of aromatic nitrogens is 2. The molecule has 0 amide bonds. The van der Waals surface area contributed by atoms with Crippen molar-refractivity contribution < 1.29 is 9.53 Å². The van der Waals surface area contributed by atoms with Crippen LogP contribution in [0.5, 0.6) is 0 Å². The van der Waals surface area contributed by atoms with Crippen LogP contribution in [-0.2, 0) is 5.88 Å². The topological polar surface area (TPSA) is 76.8 Å². The molecular formula is C4H2ClN3O2. The lowest BCUT2D eigenvalue weighted by Gasteiger charge is -1.80. The van der Waals surface area contributed by atoms with Crippen LogP contribution in [0.1, 0.15) is 11.4 Å². The van der Waals surface area contributed by atoms with E-state index in [9.17, 15) is 5.21 Å². The first-order valence-corrected chi connectivity index (χ1v) is 2.87. The molecule has 1 heterocycles. The number of halogens is 1. The minimum atomic E-state index is -0.185. The minimum Gasteiger partial charge on any atom is -0.358 e. The van der Waals surface area contributed by atoms with Gasteiger partial charge in [-0.3, -0.25) is 4.63 Å². The summed E-state index contributed by atoms with van der Waals surface area (Å²) in [4.78, 5) is 0.0255. The van der Waals surface area contributed by atoms with Crippen LogP contribution < -0.4 is 4.90 Å². The highest BCUT2D eigenvalue weighted by Gasteiger charge is 2.16. The van der Waals surface area contributed by atoms with E-state index in [4.69, 9.17) is 16.9 Å². The summed E-state index contributed by atoms with van der Waals surface area (Å²) in [5.41, 5.74) is -0.0193. The fourth-order valence-electron chi connectivity index (χ4n) is 0.469. The number of rotatable bonds is 1. The van der Waals surface area contributed by atoms with E-state index in [0.29, 0.717) is 0 Å². The van der Waals surface area contributed by atoms with Crippen LogP contribution in [0.25, 0.3) is 0 Å². The van der Waals surface area contributed by atoms with Gasteiger partial charge in [0.1, 0.15) is 0 Å². The molecule has 0 spiro atoms. The Hall–Kier alpha value is -1.28. The highest BCUT2D eigenvalue weighted by atomic mass is 35.5. The molecule has 0 N–H and O–H groups in total. The van der Waals surface area contributed by atoms with Crippen molar-refractivity contribution in [3.05, 3.63) is 16.6 Å². The Morgan fingerprint density at radius 3 is 3.00 bits per heavy atom. The van der Waals surface area contributed by atoms with Gasteiger partial charge in [-0.25, -0.2) is 0 Å². The molecule has 10 heavy (non-hydrogen) atoms. The zero-order valence-electron chi connectivity index (χ0n) is 4.74. The molecule has 0 bridgehead atoms. The Balaban J connectivity index is 3.17. The van der Waals surface area contributed by atoms with Crippen molar-refractivity contribution in [1.82, 2.24) is 5.16 Å². The summed E-state index contributed by atoms with van der Waals surface area (Å²) in [6, 6.07) is 1.60. The summed E-state index contributed by atoms with van der Waals surface area (Å²) in [6.45, 7) is 0. The average molecular weight is 160 g/mol. The fourth-order valence-corrected chi connectivity index (χ4v) is 0.644. The molecule has 52 valence electrons. The minimum absolute atomic E-state index is 0.00162. The number of hydrogen-bond acceptors (Lipinski definition) is 4. The van der Waals surface area contributed by atoms with Gasteiger partial charge in [-0.15, -0.1) is 11.6 Å². The summed E-state index contributed by atoms with van der Waals surface area (Å²) >= 11 is 5.30. The van der Waals surface area contributed by atoms with Gasteiger partial charge in [0.2, 0.25) is 0 Å².